The minimum Gasteiger partial charge on any atom is -0.378 e. The molecule has 0 spiro atoms. The van der Waals surface area contributed by atoms with Crippen LogP contribution in [0.3, 0.4) is 0 Å². The molecule has 0 radical (unpaired) electrons. The van der Waals surface area contributed by atoms with Crippen LogP contribution >= 0.6 is 0 Å². The molecular formula is C21H27N7O. The van der Waals surface area contributed by atoms with E-state index in [2.05, 4.69) is 48.5 Å². The number of hydrazone groups is 1. The first-order chi connectivity index (χ1) is 14.3. The molecule has 0 bridgehead atoms. The van der Waals surface area contributed by atoms with Crippen LogP contribution in [0.2, 0.25) is 0 Å². The highest BCUT2D eigenvalue weighted by Crippen LogP contribution is 2.21. The number of allylic oxidation sites excluding steroid dienone is 1. The molecule has 8 heteroatoms. The SMILES string of the molecule is CC(/C=N/Nc1nc(N2CCCC2)nc(N2CCOCC2)n1)=C\c1ccccc1. The zero-order chi connectivity index (χ0) is 19.9. The van der Waals surface area contributed by atoms with Crippen molar-refractivity contribution in [3.8, 4) is 0 Å². The molecule has 0 saturated carbocycles. The molecule has 29 heavy (non-hydrogen) atoms. The van der Waals surface area contributed by atoms with Gasteiger partial charge < -0.3 is 14.5 Å². The molecule has 2 aromatic rings. The van der Waals surface area contributed by atoms with Crippen molar-refractivity contribution < 1.29 is 4.74 Å². The van der Waals surface area contributed by atoms with Gasteiger partial charge in [-0.25, -0.2) is 5.43 Å². The minimum absolute atomic E-state index is 0.465. The highest BCUT2D eigenvalue weighted by atomic mass is 16.5. The van der Waals surface area contributed by atoms with Crippen molar-refractivity contribution >= 4 is 30.1 Å². The maximum atomic E-state index is 5.45. The molecule has 1 aromatic carbocycles. The molecule has 8 nitrogen and oxygen atoms in total. The van der Waals surface area contributed by atoms with E-state index in [9.17, 15) is 0 Å². The second-order valence-corrected chi connectivity index (χ2v) is 7.22. The van der Waals surface area contributed by atoms with Gasteiger partial charge in [0.15, 0.2) is 0 Å². The monoisotopic (exact) mass is 393 g/mol. The number of hydrogen-bond acceptors (Lipinski definition) is 8. The van der Waals surface area contributed by atoms with Gasteiger partial charge in [0, 0.05) is 26.2 Å². The van der Waals surface area contributed by atoms with Crippen LogP contribution in [0.1, 0.15) is 25.3 Å². The Morgan fingerprint density at radius 2 is 1.62 bits per heavy atom. The Kier molecular flexibility index (Phi) is 6.31. The van der Waals surface area contributed by atoms with Gasteiger partial charge in [-0.1, -0.05) is 36.4 Å². The summed E-state index contributed by atoms with van der Waals surface area (Å²) < 4.78 is 5.45. The van der Waals surface area contributed by atoms with Crippen molar-refractivity contribution in [3.63, 3.8) is 0 Å². The van der Waals surface area contributed by atoms with Crippen LogP contribution in [0.15, 0.2) is 41.0 Å². The molecule has 0 unspecified atom stereocenters. The Morgan fingerprint density at radius 3 is 2.31 bits per heavy atom. The van der Waals surface area contributed by atoms with E-state index in [1.807, 2.05) is 25.1 Å². The summed E-state index contributed by atoms with van der Waals surface area (Å²) in [6, 6.07) is 10.2. The molecule has 2 aliphatic rings. The third-order valence-electron chi connectivity index (χ3n) is 4.92. The molecular weight excluding hydrogens is 366 g/mol. The number of hydrogen-bond donors (Lipinski definition) is 1. The minimum atomic E-state index is 0.465. The van der Waals surface area contributed by atoms with Crippen molar-refractivity contribution in [2.75, 3.05) is 54.6 Å². The molecule has 0 atom stereocenters. The van der Waals surface area contributed by atoms with Gasteiger partial charge in [-0.2, -0.15) is 20.1 Å². The van der Waals surface area contributed by atoms with E-state index in [0.29, 0.717) is 31.1 Å². The van der Waals surface area contributed by atoms with Gasteiger partial charge in [0.2, 0.25) is 17.8 Å². The molecule has 1 aromatic heterocycles. The van der Waals surface area contributed by atoms with Crippen molar-refractivity contribution in [2.45, 2.75) is 19.8 Å². The number of ether oxygens (including phenoxy) is 1. The number of nitrogens with zero attached hydrogens (tertiary/aromatic N) is 6. The Labute approximate surface area is 171 Å². The summed E-state index contributed by atoms with van der Waals surface area (Å²) in [5.41, 5.74) is 5.16. The predicted molar refractivity (Wildman–Crippen MR) is 117 cm³/mol. The third kappa shape index (κ3) is 5.29. The standard InChI is InChI=1S/C21H27N7O/c1-17(15-18-7-3-2-4-8-18)16-22-26-19-23-20(27-9-5-6-10-27)25-21(24-19)28-11-13-29-14-12-28/h2-4,7-8,15-16H,5-6,9-14H2,1H3,(H,23,24,25,26)/b17-15+,22-16+. The van der Waals surface area contributed by atoms with Crippen LogP contribution in [0.4, 0.5) is 17.8 Å². The van der Waals surface area contributed by atoms with E-state index < -0.39 is 0 Å². The fourth-order valence-electron chi connectivity index (χ4n) is 3.41. The molecule has 0 amide bonds. The van der Waals surface area contributed by atoms with Gasteiger partial charge >= 0.3 is 0 Å². The second kappa shape index (κ2) is 9.47. The van der Waals surface area contributed by atoms with Crippen molar-refractivity contribution in [3.05, 3.63) is 41.5 Å². The summed E-state index contributed by atoms with van der Waals surface area (Å²) in [6.07, 6.45) is 6.19. The van der Waals surface area contributed by atoms with Gasteiger partial charge in [-0.15, -0.1) is 0 Å². The largest absolute Gasteiger partial charge is 0.378 e. The van der Waals surface area contributed by atoms with Gasteiger partial charge in [0.1, 0.15) is 0 Å². The second-order valence-electron chi connectivity index (χ2n) is 7.22. The lowest BCUT2D eigenvalue weighted by molar-refractivity contribution is 0.122. The maximum absolute atomic E-state index is 5.45. The number of aromatic nitrogens is 3. The van der Waals surface area contributed by atoms with Gasteiger partial charge in [-0.05, 0) is 30.9 Å². The first kappa shape index (κ1) is 19.3. The molecule has 3 heterocycles. The predicted octanol–water partition coefficient (Wildman–Crippen LogP) is 2.81. The van der Waals surface area contributed by atoms with Gasteiger partial charge in [0.25, 0.3) is 0 Å². The fraction of sp³-hybridized carbons (Fsp3) is 0.429. The summed E-state index contributed by atoms with van der Waals surface area (Å²) in [7, 11) is 0. The van der Waals surface area contributed by atoms with Gasteiger partial charge in [0.05, 0.1) is 19.4 Å². The first-order valence-electron chi connectivity index (χ1n) is 10.1. The number of anilines is 3. The lowest BCUT2D eigenvalue weighted by Gasteiger charge is -2.27. The van der Waals surface area contributed by atoms with Crippen LogP contribution in [-0.4, -0.2) is 60.6 Å². The maximum Gasteiger partial charge on any atom is 0.250 e. The molecule has 4 rings (SSSR count). The van der Waals surface area contributed by atoms with Crippen molar-refractivity contribution in [2.24, 2.45) is 5.10 Å². The Morgan fingerprint density at radius 1 is 0.966 bits per heavy atom. The molecule has 152 valence electrons. The van der Waals surface area contributed by atoms with E-state index in [1.165, 1.54) is 12.8 Å². The molecule has 1 N–H and O–H groups in total. The van der Waals surface area contributed by atoms with E-state index in [-0.39, 0.29) is 0 Å². The molecule has 2 aliphatic heterocycles. The highest BCUT2D eigenvalue weighted by Gasteiger charge is 2.21. The first-order valence-corrected chi connectivity index (χ1v) is 10.1. The van der Waals surface area contributed by atoms with Gasteiger partial charge in [-0.3, -0.25) is 0 Å². The summed E-state index contributed by atoms with van der Waals surface area (Å²) in [6.45, 7) is 6.92. The number of benzene rings is 1. The zero-order valence-electron chi connectivity index (χ0n) is 16.8. The Hall–Kier alpha value is -3.00. The quantitative estimate of drug-likeness (QED) is 0.597. The fourth-order valence-corrected chi connectivity index (χ4v) is 3.41. The number of morpholine rings is 1. The smallest absolute Gasteiger partial charge is 0.250 e. The topological polar surface area (TPSA) is 78.8 Å². The summed E-state index contributed by atoms with van der Waals surface area (Å²) in [5.74, 6) is 1.86. The number of nitrogens with one attached hydrogen (secondary N) is 1. The zero-order valence-corrected chi connectivity index (χ0v) is 16.8. The lowest BCUT2D eigenvalue weighted by Crippen LogP contribution is -2.38. The Bertz CT molecular complexity index is 857. The normalized spacial score (nSPS) is 17.9. The Balaban J connectivity index is 1.50. The van der Waals surface area contributed by atoms with Crippen LogP contribution in [-0.2, 0) is 4.74 Å². The molecule has 2 saturated heterocycles. The van der Waals surface area contributed by atoms with E-state index >= 15 is 0 Å². The lowest BCUT2D eigenvalue weighted by atomic mass is 10.1. The highest BCUT2D eigenvalue weighted by molar-refractivity contribution is 5.85. The van der Waals surface area contributed by atoms with Crippen LogP contribution in [0.25, 0.3) is 6.08 Å². The summed E-state index contributed by atoms with van der Waals surface area (Å²) in [4.78, 5) is 18.2. The van der Waals surface area contributed by atoms with Crippen LogP contribution in [0.5, 0.6) is 0 Å². The van der Waals surface area contributed by atoms with E-state index in [1.54, 1.807) is 6.21 Å². The summed E-state index contributed by atoms with van der Waals surface area (Å²) in [5, 5.41) is 4.33. The van der Waals surface area contributed by atoms with E-state index in [4.69, 9.17) is 9.72 Å². The van der Waals surface area contributed by atoms with E-state index in [0.717, 1.165) is 37.3 Å². The van der Waals surface area contributed by atoms with Crippen molar-refractivity contribution in [1.29, 1.82) is 0 Å². The average Bonchev–Trinajstić information content (AvgIpc) is 3.30. The van der Waals surface area contributed by atoms with Crippen LogP contribution < -0.4 is 15.2 Å². The summed E-state index contributed by atoms with van der Waals surface area (Å²) >= 11 is 0. The average molecular weight is 393 g/mol. The number of rotatable bonds is 6. The molecule has 2 fully saturated rings. The molecule has 0 aliphatic carbocycles. The van der Waals surface area contributed by atoms with Crippen molar-refractivity contribution in [1.82, 2.24) is 15.0 Å². The third-order valence-corrected chi connectivity index (χ3v) is 4.92. The van der Waals surface area contributed by atoms with Crippen LogP contribution in [0, 0.1) is 0 Å².